The van der Waals surface area contributed by atoms with Gasteiger partial charge in [0.2, 0.25) is 11.8 Å². The van der Waals surface area contributed by atoms with E-state index in [0.29, 0.717) is 0 Å². The van der Waals surface area contributed by atoms with E-state index >= 15 is 0 Å². The molecule has 2 aliphatic heterocycles. The van der Waals surface area contributed by atoms with Crippen LogP contribution in [0, 0.1) is 0 Å². The summed E-state index contributed by atoms with van der Waals surface area (Å²) in [6.45, 7) is 1.77. The van der Waals surface area contributed by atoms with E-state index in [1.165, 1.54) is 4.90 Å². The summed E-state index contributed by atoms with van der Waals surface area (Å²) in [4.78, 5) is 64.2. The van der Waals surface area contributed by atoms with Crippen LogP contribution in [-0.2, 0) is 32.3 Å². The number of aromatic nitrogens is 1. The first-order valence-corrected chi connectivity index (χ1v) is 12.7. The summed E-state index contributed by atoms with van der Waals surface area (Å²) in [6, 6.07) is 9.06. The van der Waals surface area contributed by atoms with Gasteiger partial charge in [-0.25, -0.2) is 4.79 Å². The van der Waals surface area contributed by atoms with Crippen LogP contribution in [0.2, 0.25) is 0 Å². The van der Waals surface area contributed by atoms with Gasteiger partial charge in [0, 0.05) is 30.2 Å². The zero-order valence-electron chi connectivity index (χ0n) is 20.1. The second-order valence-electron chi connectivity index (χ2n) is 8.98. The summed E-state index contributed by atoms with van der Waals surface area (Å²) in [6.07, 6.45) is 1.93. The van der Waals surface area contributed by atoms with Crippen molar-refractivity contribution in [2.24, 2.45) is 5.73 Å². The van der Waals surface area contributed by atoms with E-state index in [2.05, 4.69) is 10.3 Å². The average Bonchev–Trinajstić information content (AvgIpc) is 3.31. The van der Waals surface area contributed by atoms with Gasteiger partial charge in [0.25, 0.3) is 5.91 Å². The predicted octanol–water partition coefficient (Wildman–Crippen LogP) is 1.58. The molecular weight excluding hydrogens is 496 g/mol. The number of hydrogen-bond donors (Lipinski definition) is 2. The number of urea groups is 1. The molecule has 1 aromatic carbocycles. The molecule has 3 atom stereocenters. The van der Waals surface area contributed by atoms with E-state index in [0.717, 1.165) is 26.3 Å². The molecule has 0 spiro atoms. The van der Waals surface area contributed by atoms with Gasteiger partial charge in [-0.1, -0.05) is 18.2 Å². The van der Waals surface area contributed by atoms with Crippen LogP contribution < -0.4 is 11.1 Å². The minimum Gasteiger partial charge on any atom is -0.370 e. The summed E-state index contributed by atoms with van der Waals surface area (Å²) >= 11 is 1.57. The number of hydrogen-bond acceptors (Lipinski definition) is 7. The number of carbonyl (C=O) groups excluding carboxylic acids is 4. The summed E-state index contributed by atoms with van der Waals surface area (Å²) in [5.74, 6) is -1.61. The van der Waals surface area contributed by atoms with Gasteiger partial charge in [-0.05, 0) is 47.0 Å². The molecule has 0 saturated carbocycles. The molecule has 2 aromatic heterocycles. The standard InChI is InChI=1S/C25H26N6O5S/c1-15-23-30(22(33)13-36-31(23)25(35)28-11-16-6-8-27-9-7-16)19(10-21(26)32)24(34)29(15)12-17-14-37-20-5-3-2-4-18(17)20/h2-9,14-15,19,23H,10-13H2,1H3,(H2,26,32)(H,28,35)/t15-,19-,23-/m0/s1. The molecule has 2 fully saturated rings. The molecule has 5 amide bonds. The highest BCUT2D eigenvalue weighted by Crippen LogP contribution is 2.34. The van der Waals surface area contributed by atoms with Crippen LogP contribution in [0.1, 0.15) is 24.5 Å². The Hall–Kier alpha value is -4.03. The van der Waals surface area contributed by atoms with Gasteiger partial charge in [-0.15, -0.1) is 11.3 Å². The van der Waals surface area contributed by atoms with E-state index in [1.807, 2.05) is 29.6 Å². The highest BCUT2D eigenvalue weighted by molar-refractivity contribution is 7.17. The number of amides is 5. The maximum atomic E-state index is 13.7. The van der Waals surface area contributed by atoms with Crippen molar-refractivity contribution in [3.05, 3.63) is 65.3 Å². The first-order chi connectivity index (χ1) is 17.8. The number of primary amides is 1. The molecule has 37 heavy (non-hydrogen) atoms. The van der Waals surface area contributed by atoms with Crippen LogP contribution in [0.3, 0.4) is 0 Å². The zero-order chi connectivity index (χ0) is 26.1. The minimum absolute atomic E-state index is 0.213. The van der Waals surface area contributed by atoms with Crippen molar-refractivity contribution in [2.45, 2.75) is 44.7 Å². The van der Waals surface area contributed by atoms with Crippen LogP contribution >= 0.6 is 11.3 Å². The molecule has 0 unspecified atom stereocenters. The number of fused-ring (bicyclic) bond motifs is 2. The first kappa shape index (κ1) is 24.7. The topological polar surface area (TPSA) is 138 Å². The first-order valence-electron chi connectivity index (χ1n) is 11.8. The van der Waals surface area contributed by atoms with E-state index in [9.17, 15) is 19.2 Å². The number of hydroxylamine groups is 2. The number of nitrogens with zero attached hydrogens (tertiary/aromatic N) is 4. The second-order valence-corrected chi connectivity index (χ2v) is 9.89. The largest absolute Gasteiger partial charge is 0.370 e. The molecule has 2 saturated heterocycles. The van der Waals surface area contributed by atoms with E-state index in [4.69, 9.17) is 10.6 Å². The van der Waals surface area contributed by atoms with Crippen LogP contribution in [0.25, 0.3) is 10.1 Å². The number of piperazine rings is 1. The SMILES string of the molecule is C[C@H]1[C@@H]2N(C(=O)NCc3ccncc3)OCC(=O)N2[C@@H](CC(N)=O)C(=O)N1Cc1csc2ccccc12. The van der Waals surface area contributed by atoms with Gasteiger partial charge in [0.15, 0.2) is 12.8 Å². The molecule has 0 radical (unpaired) electrons. The fraction of sp³-hybridized carbons (Fsp3) is 0.320. The Labute approximate surface area is 216 Å². The van der Waals surface area contributed by atoms with Crippen molar-refractivity contribution in [1.82, 2.24) is 25.2 Å². The van der Waals surface area contributed by atoms with Gasteiger partial charge in [-0.3, -0.25) is 24.2 Å². The molecule has 192 valence electrons. The molecule has 3 N–H and O–H groups in total. The van der Waals surface area contributed by atoms with E-state index in [1.54, 1.807) is 47.7 Å². The monoisotopic (exact) mass is 522 g/mol. The molecule has 2 aliphatic rings. The zero-order valence-corrected chi connectivity index (χ0v) is 20.9. The number of benzene rings is 1. The highest BCUT2D eigenvalue weighted by atomic mass is 32.1. The lowest BCUT2D eigenvalue weighted by atomic mass is 9.98. The Morgan fingerprint density at radius 2 is 1.95 bits per heavy atom. The fourth-order valence-electron chi connectivity index (χ4n) is 4.87. The fourth-order valence-corrected chi connectivity index (χ4v) is 5.82. The summed E-state index contributed by atoms with van der Waals surface area (Å²) in [7, 11) is 0. The normalized spacial score (nSPS) is 21.8. The molecule has 12 heteroatoms. The average molecular weight is 523 g/mol. The number of nitrogens with one attached hydrogen (secondary N) is 1. The number of nitrogens with two attached hydrogens (primary N) is 1. The summed E-state index contributed by atoms with van der Waals surface area (Å²) in [5, 5.41) is 6.89. The van der Waals surface area contributed by atoms with Crippen molar-refractivity contribution in [3.8, 4) is 0 Å². The Balaban J connectivity index is 1.46. The Bertz CT molecular complexity index is 1350. The van der Waals surface area contributed by atoms with Crippen LogP contribution in [0.5, 0.6) is 0 Å². The smallest absolute Gasteiger partial charge is 0.343 e. The Kier molecular flexibility index (Phi) is 6.76. The quantitative estimate of drug-likeness (QED) is 0.504. The number of pyridine rings is 1. The van der Waals surface area contributed by atoms with E-state index < -0.39 is 48.6 Å². The second kappa shape index (κ2) is 10.1. The third-order valence-electron chi connectivity index (χ3n) is 6.66. The molecule has 4 heterocycles. The molecule has 0 aliphatic carbocycles. The number of carbonyl (C=O) groups is 4. The van der Waals surface area contributed by atoms with Crippen molar-refractivity contribution >= 4 is 45.2 Å². The lowest BCUT2D eigenvalue weighted by Gasteiger charge is -2.54. The third kappa shape index (κ3) is 4.72. The Morgan fingerprint density at radius 1 is 1.19 bits per heavy atom. The highest BCUT2D eigenvalue weighted by Gasteiger charge is 2.53. The van der Waals surface area contributed by atoms with Gasteiger partial charge >= 0.3 is 6.03 Å². The van der Waals surface area contributed by atoms with Gasteiger partial charge in [0.1, 0.15) is 6.04 Å². The predicted molar refractivity (Wildman–Crippen MR) is 134 cm³/mol. The lowest BCUT2D eigenvalue weighted by molar-refractivity contribution is -0.245. The van der Waals surface area contributed by atoms with Crippen LogP contribution in [-0.4, -0.2) is 68.5 Å². The van der Waals surface area contributed by atoms with Crippen LogP contribution in [0.4, 0.5) is 4.79 Å². The Morgan fingerprint density at radius 3 is 2.70 bits per heavy atom. The van der Waals surface area contributed by atoms with Crippen molar-refractivity contribution in [1.29, 1.82) is 0 Å². The van der Waals surface area contributed by atoms with Gasteiger partial charge in [-0.2, -0.15) is 5.06 Å². The van der Waals surface area contributed by atoms with E-state index in [-0.39, 0.29) is 19.5 Å². The molecule has 0 bridgehead atoms. The van der Waals surface area contributed by atoms with Crippen LogP contribution in [0.15, 0.2) is 54.2 Å². The maximum Gasteiger partial charge on any atom is 0.343 e. The molecule has 11 nitrogen and oxygen atoms in total. The minimum atomic E-state index is -1.14. The lowest BCUT2D eigenvalue weighted by Crippen LogP contribution is -2.75. The summed E-state index contributed by atoms with van der Waals surface area (Å²) in [5.41, 5.74) is 7.24. The molecule has 3 aromatic rings. The van der Waals surface area contributed by atoms with Crippen molar-refractivity contribution in [3.63, 3.8) is 0 Å². The van der Waals surface area contributed by atoms with Crippen molar-refractivity contribution < 1.29 is 24.0 Å². The third-order valence-corrected chi connectivity index (χ3v) is 7.67. The number of rotatable bonds is 6. The molecule has 5 rings (SSSR count). The number of thiophene rings is 1. The molecular formula is C25H26N6O5S. The van der Waals surface area contributed by atoms with Gasteiger partial charge < -0.3 is 20.9 Å². The maximum absolute atomic E-state index is 13.7. The van der Waals surface area contributed by atoms with Crippen molar-refractivity contribution in [2.75, 3.05) is 6.61 Å². The summed E-state index contributed by atoms with van der Waals surface area (Å²) < 4.78 is 1.08. The van der Waals surface area contributed by atoms with Gasteiger partial charge in [0.05, 0.1) is 12.5 Å².